The molecule has 0 spiro atoms. The van der Waals surface area contributed by atoms with E-state index in [2.05, 4.69) is 19.0 Å². The summed E-state index contributed by atoms with van der Waals surface area (Å²) in [5, 5.41) is 29.5. The smallest absolute Gasteiger partial charge is 0.748 e. The minimum atomic E-state index is -4.49. The molecule has 0 bridgehead atoms. The molecule has 2 unspecified atom stereocenters. The van der Waals surface area contributed by atoms with Crippen LogP contribution in [0.1, 0.15) is 91.0 Å². The zero-order chi connectivity index (χ0) is 40.9. The van der Waals surface area contributed by atoms with Crippen molar-refractivity contribution in [1.29, 1.82) is 0 Å². The molecule has 16 nitrogen and oxygen atoms in total. The first-order valence-electron chi connectivity index (χ1n) is 17.9. The van der Waals surface area contributed by atoms with Gasteiger partial charge in [-0.2, -0.15) is 14.0 Å². The van der Waals surface area contributed by atoms with E-state index in [0.717, 1.165) is 17.0 Å². The Balaban J connectivity index is 0.00000812. The van der Waals surface area contributed by atoms with Gasteiger partial charge in [0.05, 0.1) is 44.3 Å². The number of carboxylic acids is 1. The molecule has 1 aromatic carbocycles. The van der Waals surface area contributed by atoms with Crippen LogP contribution in [0.4, 0.5) is 5.69 Å². The minimum absolute atomic E-state index is 0. The molecule has 0 aromatic heterocycles. The van der Waals surface area contributed by atoms with Crippen LogP contribution in [0.3, 0.4) is 0 Å². The first-order chi connectivity index (χ1) is 25.8. The van der Waals surface area contributed by atoms with Crippen molar-refractivity contribution < 1.29 is 124 Å². The number of fused-ring (bicyclic) bond motifs is 1. The summed E-state index contributed by atoms with van der Waals surface area (Å²) in [5.74, 6) is -2.36. The van der Waals surface area contributed by atoms with E-state index in [9.17, 15) is 40.8 Å². The Morgan fingerprint density at radius 3 is 2.26 bits per heavy atom. The van der Waals surface area contributed by atoms with Gasteiger partial charge in [-0.05, 0) is 84.4 Å². The van der Waals surface area contributed by atoms with Crippen molar-refractivity contribution in [3.05, 3.63) is 59.8 Å². The van der Waals surface area contributed by atoms with Gasteiger partial charge in [0.15, 0.2) is 5.71 Å². The second-order valence-corrected chi connectivity index (χ2v) is 17.5. The van der Waals surface area contributed by atoms with Gasteiger partial charge in [-0.25, -0.2) is 16.8 Å². The van der Waals surface area contributed by atoms with E-state index >= 15 is 0 Å². The number of hydrazone groups is 1. The standard InChI is InChI=1S/C36H51N3O13S3.2Na/c1-5-50-34(42)19-21-35(3)27(2)37-39(23-13-25-55(47,48)49)32(35)15-9-6-8-14-31-36(4,20-12-24-54(44,45)46)29-26-28(53-52-51-43)17-18-30(29)38(31)22-11-7-10-16-33(40)41;;/h6,8-9,14-15,17-18,26H,5,7,10-13,16,19-25H2,1-4H3,(H3-,40,41,43,44,45,46,47,48,49);;/q;2*+1/p-2. The summed E-state index contributed by atoms with van der Waals surface area (Å²) in [4.78, 5) is 23.9. The maximum Gasteiger partial charge on any atom is 1.00 e. The number of hydrogen-bond acceptors (Lipinski definition) is 15. The third-order valence-corrected chi connectivity index (χ3v) is 11.9. The predicted octanol–water partition coefficient (Wildman–Crippen LogP) is -1.78. The van der Waals surface area contributed by atoms with Crippen LogP contribution < -0.4 is 64.4 Å². The molecule has 1 aromatic rings. The van der Waals surface area contributed by atoms with Gasteiger partial charge >= 0.3 is 71.1 Å². The number of esters is 1. The summed E-state index contributed by atoms with van der Waals surface area (Å²) in [7, 11) is -8.92. The Labute approximate surface area is 384 Å². The van der Waals surface area contributed by atoms with Crippen LogP contribution in [0.25, 0.3) is 0 Å². The molecule has 2 aliphatic rings. The van der Waals surface area contributed by atoms with Gasteiger partial charge in [-0.3, -0.25) is 19.6 Å². The summed E-state index contributed by atoms with van der Waals surface area (Å²) in [6.45, 7) is 8.31. The van der Waals surface area contributed by atoms with Gasteiger partial charge in [-0.1, -0.05) is 18.2 Å². The third-order valence-electron chi connectivity index (χ3n) is 9.75. The number of aliphatic carboxylic acids is 1. The molecule has 0 radical (unpaired) electrons. The number of carbonyl (C=O) groups is 2. The van der Waals surface area contributed by atoms with E-state index in [1.54, 1.807) is 36.2 Å². The molecular formula is C36H49N3Na2O13S3. The molecule has 0 aliphatic carbocycles. The van der Waals surface area contributed by atoms with Crippen molar-refractivity contribution in [3.8, 4) is 0 Å². The van der Waals surface area contributed by atoms with Crippen molar-refractivity contribution in [1.82, 2.24) is 5.01 Å². The van der Waals surface area contributed by atoms with E-state index in [0.29, 0.717) is 60.6 Å². The molecule has 2 atom stereocenters. The molecular weight excluding hydrogens is 825 g/mol. The van der Waals surface area contributed by atoms with Gasteiger partial charge < -0.3 is 24.2 Å². The van der Waals surface area contributed by atoms with Gasteiger partial charge in [0.25, 0.3) is 0 Å². The number of carbonyl (C=O) groups excluding carboxylic acids is 1. The molecule has 0 saturated heterocycles. The largest absolute Gasteiger partial charge is 1.00 e. The molecule has 0 saturated carbocycles. The minimum Gasteiger partial charge on any atom is -0.748 e. The summed E-state index contributed by atoms with van der Waals surface area (Å²) in [5.41, 5.74) is 2.31. The topological polar surface area (TPSA) is 238 Å². The zero-order valence-corrected chi connectivity index (χ0v) is 39.9. The number of allylic oxidation sites excluding steroid dienone is 6. The van der Waals surface area contributed by atoms with E-state index in [4.69, 9.17) is 9.84 Å². The van der Waals surface area contributed by atoms with Crippen molar-refractivity contribution in [2.75, 3.05) is 31.2 Å². The average molecular weight is 874 g/mol. The van der Waals surface area contributed by atoms with Crippen molar-refractivity contribution in [2.45, 2.75) is 95.8 Å². The van der Waals surface area contributed by atoms with Crippen molar-refractivity contribution >= 4 is 61.3 Å². The van der Waals surface area contributed by atoms with E-state index in [-0.39, 0.29) is 110 Å². The van der Waals surface area contributed by atoms with Crippen molar-refractivity contribution in [2.24, 2.45) is 10.5 Å². The molecule has 1 N–H and O–H groups in total. The quantitative estimate of drug-likeness (QED) is 0.0139. The number of benzene rings is 1. The molecule has 306 valence electrons. The van der Waals surface area contributed by atoms with E-state index < -0.39 is 48.5 Å². The number of nitrogens with zero attached hydrogens (tertiary/aromatic N) is 3. The number of hydrogen-bond donors (Lipinski definition) is 1. The van der Waals surface area contributed by atoms with Gasteiger partial charge in [-0.15, -0.1) is 0 Å². The van der Waals surface area contributed by atoms with Crippen LogP contribution in [0.15, 0.2) is 64.3 Å². The Hall–Kier alpha value is -1.43. The first-order valence-corrected chi connectivity index (χ1v) is 21.8. The van der Waals surface area contributed by atoms with Crippen LogP contribution in [-0.4, -0.2) is 95.2 Å². The van der Waals surface area contributed by atoms with Crippen LogP contribution >= 0.6 is 12.0 Å². The van der Waals surface area contributed by atoms with Crippen LogP contribution in [0.2, 0.25) is 0 Å². The van der Waals surface area contributed by atoms with Gasteiger partial charge in [0.2, 0.25) is 5.69 Å². The zero-order valence-electron chi connectivity index (χ0n) is 33.4. The van der Waals surface area contributed by atoms with Gasteiger partial charge in [0, 0.05) is 76.7 Å². The summed E-state index contributed by atoms with van der Waals surface area (Å²) >= 11 is 0.711. The molecule has 0 fully saturated rings. The van der Waals surface area contributed by atoms with Crippen LogP contribution in [0, 0.1) is 5.41 Å². The molecule has 0 amide bonds. The fourth-order valence-corrected chi connectivity index (χ4v) is 8.24. The number of unbranched alkanes of at least 4 members (excludes halogenated alkanes) is 2. The van der Waals surface area contributed by atoms with Crippen molar-refractivity contribution in [3.63, 3.8) is 0 Å². The normalized spacial score (nSPS) is 20.2. The Morgan fingerprint density at radius 2 is 1.63 bits per heavy atom. The molecule has 3 rings (SSSR count). The number of carboxylic acid groups (broad SMARTS) is 1. The van der Waals surface area contributed by atoms with Crippen LogP contribution in [0.5, 0.6) is 0 Å². The maximum absolute atomic E-state index is 12.3. The van der Waals surface area contributed by atoms with Gasteiger partial charge in [0.1, 0.15) is 6.54 Å². The Kier molecular flexibility index (Phi) is 23.3. The Bertz CT molecular complexity index is 1920. The maximum atomic E-state index is 12.3. The molecule has 57 heavy (non-hydrogen) atoms. The van der Waals surface area contributed by atoms with E-state index in [1.165, 1.54) is 0 Å². The fraction of sp³-hybridized carbons (Fsp3) is 0.556. The SMILES string of the molecule is CCOC(=O)CCC1(C)C(C)=NN(CCCS(=O)(=O)[O-])\C1=C/C=C/C=C/C1=[N+](CCCCCC(=O)O)c2ccc(SOO[O-])cc2C1(C)CCCS(=O)(=O)[O-].[Na+].[Na+]. The molecule has 2 aliphatic heterocycles. The second-order valence-electron chi connectivity index (χ2n) is 13.7. The number of ether oxygens (including phenoxy) is 1. The fourth-order valence-electron chi connectivity index (χ4n) is 6.86. The average Bonchev–Trinajstić information content (AvgIpc) is 3.46. The predicted molar refractivity (Wildman–Crippen MR) is 201 cm³/mol. The molecule has 2 heterocycles. The molecule has 21 heteroatoms. The third kappa shape index (κ3) is 16.5. The first kappa shape index (κ1) is 53.6. The van der Waals surface area contributed by atoms with E-state index in [1.807, 2.05) is 45.1 Å². The number of rotatable bonds is 24. The summed E-state index contributed by atoms with van der Waals surface area (Å²) < 4.78 is 80.4. The monoisotopic (exact) mass is 873 g/mol. The summed E-state index contributed by atoms with van der Waals surface area (Å²) in [6, 6.07) is 5.40. The van der Waals surface area contributed by atoms with Crippen LogP contribution in [-0.2, 0) is 49.3 Å². The summed E-state index contributed by atoms with van der Waals surface area (Å²) in [6.07, 6.45) is 11.8. The second kappa shape index (κ2) is 24.7. The Morgan fingerprint density at radius 1 is 0.947 bits per heavy atom.